The molecule has 2 aromatic rings. The lowest BCUT2D eigenvalue weighted by Crippen LogP contribution is -2.19. The molecule has 0 saturated carbocycles. The van der Waals surface area contributed by atoms with E-state index in [0.717, 1.165) is 15.6 Å². The lowest BCUT2D eigenvalue weighted by atomic mass is 10.2. The Bertz CT molecular complexity index is 829. The van der Waals surface area contributed by atoms with Gasteiger partial charge in [0, 0.05) is 27.9 Å². The van der Waals surface area contributed by atoms with Crippen LogP contribution in [0.1, 0.15) is 11.1 Å². The first-order chi connectivity index (χ1) is 12.5. The van der Waals surface area contributed by atoms with Crippen molar-refractivity contribution in [3.63, 3.8) is 0 Å². The van der Waals surface area contributed by atoms with Gasteiger partial charge in [-0.1, -0.05) is 28.1 Å². The van der Waals surface area contributed by atoms with Crippen LogP contribution >= 0.6 is 27.7 Å². The number of carbonyl (C=O) groups is 1. The van der Waals surface area contributed by atoms with E-state index in [9.17, 15) is 14.9 Å². The van der Waals surface area contributed by atoms with Crippen molar-refractivity contribution in [3.8, 4) is 5.75 Å². The number of hydrogen-bond donors (Lipinski definition) is 1. The molecule has 136 valence electrons. The normalized spacial score (nSPS) is 10.7. The Morgan fingerprint density at radius 1 is 1.38 bits per heavy atom. The largest absolute Gasteiger partial charge is 0.496 e. The molecule has 0 radical (unpaired) electrons. The molecule has 0 fully saturated rings. The zero-order chi connectivity index (χ0) is 18.9. The second-order valence-electron chi connectivity index (χ2n) is 5.10. The zero-order valence-electron chi connectivity index (χ0n) is 13.8. The summed E-state index contributed by atoms with van der Waals surface area (Å²) in [6.45, 7) is 0. The average Bonchev–Trinajstić information content (AvgIpc) is 2.62. The van der Waals surface area contributed by atoms with E-state index in [1.54, 1.807) is 25.3 Å². The topological polar surface area (TPSA) is 93.8 Å². The third kappa shape index (κ3) is 6.16. The number of nitrogens with zero attached hydrogens (tertiary/aromatic N) is 2. The van der Waals surface area contributed by atoms with E-state index < -0.39 is 4.92 Å². The molecule has 9 heteroatoms. The maximum absolute atomic E-state index is 11.8. The summed E-state index contributed by atoms with van der Waals surface area (Å²) in [6, 6.07) is 11.8. The van der Waals surface area contributed by atoms with Crippen LogP contribution in [0.2, 0.25) is 0 Å². The van der Waals surface area contributed by atoms with Gasteiger partial charge in [0.05, 0.1) is 24.0 Å². The van der Waals surface area contributed by atoms with Crippen LogP contribution in [0.4, 0.5) is 5.69 Å². The SMILES string of the molecule is COc1ccc(Br)cc1/C=N\NC(=O)CSCc1cccc([N+](=O)[O-])c1. The fraction of sp³-hybridized carbons (Fsp3) is 0.176. The molecule has 0 aliphatic carbocycles. The Labute approximate surface area is 163 Å². The van der Waals surface area contributed by atoms with Crippen molar-refractivity contribution in [1.82, 2.24) is 5.43 Å². The molecule has 0 aliphatic rings. The van der Waals surface area contributed by atoms with Crippen LogP contribution in [-0.4, -0.2) is 29.9 Å². The van der Waals surface area contributed by atoms with E-state index in [2.05, 4.69) is 26.5 Å². The Morgan fingerprint density at radius 3 is 2.92 bits per heavy atom. The summed E-state index contributed by atoms with van der Waals surface area (Å²) < 4.78 is 6.10. The third-order valence-electron chi connectivity index (χ3n) is 3.21. The third-order valence-corrected chi connectivity index (χ3v) is 4.70. The maximum atomic E-state index is 11.8. The summed E-state index contributed by atoms with van der Waals surface area (Å²) in [5, 5.41) is 14.7. The van der Waals surface area contributed by atoms with Gasteiger partial charge in [0.25, 0.3) is 5.69 Å². The van der Waals surface area contributed by atoms with E-state index in [0.29, 0.717) is 11.5 Å². The standard InChI is InChI=1S/C17H16BrN3O4S/c1-25-16-6-5-14(18)8-13(16)9-19-20-17(22)11-26-10-12-3-2-4-15(7-12)21(23)24/h2-9H,10-11H2,1H3,(H,20,22)/b19-9-. The van der Waals surface area contributed by atoms with Crippen molar-refractivity contribution in [3.05, 3.63) is 68.2 Å². The number of thioether (sulfide) groups is 1. The number of rotatable bonds is 8. The number of amides is 1. The van der Waals surface area contributed by atoms with Gasteiger partial charge in [0.2, 0.25) is 5.91 Å². The molecule has 0 atom stereocenters. The molecule has 2 rings (SSSR count). The van der Waals surface area contributed by atoms with Crippen molar-refractivity contribution in [2.24, 2.45) is 5.10 Å². The quantitative estimate of drug-likeness (QED) is 0.385. The maximum Gasteiger partial charge on any atom is 0.269 e. The number of nitro benzene ring substituents is 1. The van der Waals surface area contributed by atoms with Crippen LogP contribution in [0.25, 0.3) is 0 Å². The lowest BCUT2D eigenvalue weighted by molar-refractivity contribution is -0.384. The van der Waals surface area contributed by atoms with E-state index in [1.807, 2.05) is 12.1 Å². The van der Waals surface area contributed by atoms with Crippen LogP contribution in [0.3, 0.4) is 0 Å². The molecule has 1 amide bonds. The number of carbonyl (C=O) groups excluding carboxylic acids is 1. The molecule has 0 aromatic heterocycles. The van der Waals surface area contributed by atoms with Gasteiger partial charge >= 0.3 is 0 Å². The minimum Gasteiger partial charge on any atom is -0.496 e. The van der Waals surface area contributed by atoms with Crippen molar-refractivity contribution < 1.29 is 14.5 Å². The molecular formula is C17H16BrN3O4S. The number of benzene rings is 2. The number of ether oxygens (including phenoxy) is 1. The highest BCUT2D eigenvalue weighted by atomic mass is 79.9. The number of methoxy groups -OCH3 is 1. The van der Waals surface area contributed by atoms with Gasteiger partial charge in [-0.05, 0) is 23.8 Å². The number of nitrogens with one attached hydrogen (secondary N) is 1. The summed E-state index contributed by atoms with van der Waals surface area (Å²) in [6.07, 6.45) is 1.51. The Kier molecular flexibility index (Phi) is 7.61. The van der Waals surface area contributed by atoms with Crippen molar-refractivity contribution in [2.75, 3.05) is 12.9 Å². The number of non-ortho nitro benzene ring substituents is 1. The molecule has 1 N–H and O–H groups in total. The zero-order valence-corrected chi connectivity index (χ0v) is 16.2. The fourth-order valence-corrected chi connectivity index (χ4v) is 3.18. The summed E-state index contributed by atoms with van der Waals surface area (Å²) >= 11 is 4.72. The van der Waals surface area contributed by atoms with E-state index >= 15 is 0 Å². The Hall–Kier alpha value is -2.39. The average molecular weight is 438 g/mol. The monoisotopic (exact) mass is 437 g/mol. The number of halogens is 1. The van der Waals surface area contributed by atoms with Crippen LogP contribution in [-0.2, 0) is 10.5 Å². The molecule has 0 aliphatic heterocycles. The van der Waals surface area contributed by atoms with Crippen LogP contribution < -0.4 is 10.2 Å². The molecular weight excluding hydrogens is 422 g/mol. The van der Waals surface area contributed by atoms with Crippen LogP contribution in [0, 0.1) is 10.1 Å². The summed E-state index contributed by atoms with van der Waals surface area (Å²) in [5.74, 6) is 1.07. The van der Waals surface area contributed by atoms with Crippen molar-refractivity contribution in [2.45, 2.75) is 5.75 Å². The van der Waals surface area contributed by atoms with E-state index in [-0.39, 0.29) is 17.3 Å². The smallest absolute Gasteiger partial charge is 0.269 e. The van der Waals surface area contributed by atoms with Gasteiger partial charge in [0.1, 0.15) is 5.75 Å². The summed E-state index contributed by atoms with van der Waals surface area (Å²) in [7, 11) is 1.56. The first-order valence-electron chi connectivity index (χ1n) is 7.46. The van der Waals surface area contributed by atoms with Crippen molar-refractivity contribution >= 4 is 45.5 Å². The van der Waals surface area contributed by atoms with Gasteiger partial charge in [-0.3, -0.25) is 14.9 Å². The lowest BCUT2D eigenvalue weighted by Gasteiger charge is -2.05. The Morgan fingerprint density at radius 2 is 2.19 bits per heavy atom. The molecule has 7 nitrogen and oxygen atoms in total. The number of nitro groups is 1. The second-order valence-corrected chi connectivity index (χ2v) is 7.00. The highest BCUT2D eigenvalue weighted by Gasteiger charge is 2.07. The predicted molar refractivity (Wildman–Crippen MR) is 106 cm³/mol. The number of hydrazone groups is 1. The summed E-state index contributed by atoms with van der Waals surface area (Å²) in [5.41, 5.74) is 4.01. The molecule has 0 saturated heterocycles. The summed E-state index contributed by atoms with van der Waals surface area (Å²) in [4.78, 5) is 22.1. The van der Waals surface area contributed by atoms with E-state index in [4.69, 9.17) is 4.74 Å². The molecule has 0 heterocycles. The molecule has 2 aromatic carbocycles. The second kappa shape index (κ2) is 9.93. The highest BCUT2D eigenvalue weighted by Crippen LogP contribution is 2.21. The van der Waals surface area contributed by atoms with Gasteiger partial charge < -0.3 is 4.74 Å². The van der Waals surface area contributed by atoms with E-state index in [1.165, 1.54) is 30.1 Å². The Balaban J connectivity index is 1.81. The first-order valence-corrected chi connectivity index (χ1v) is 9.41. The molecule has 0 bridgehead atoms. The number of hydrogen-bond acceptors (Lipinski definition) is 6. The minimum absolute atomic E-state index is 0.0418. The predicted octanol–water partition coefficient (Wildman–Crippen LogP) is 3.75. The minimum atomic E-state index is -0.439. The van der Waals surface area contributed by atoms with Gasteiger partial charge in [0.15, 0.2) is 0 Å². The molecule has 0 unspecified atom stereocenters. The van der Waals surface area contributed by atoms with Gasteiger partial charge in [-0.15, -0.1) is 11.8 Å². The van der Waals surface area contributed by atoms with Gasteiger partial charge in [-0.25, -0.2) is 5.43 Å². The highest BCUT2D eigenvalue weighted by molar-refractivity contribution is 9.10. The first kappa shape index (κ1) is 19.9. The molecule has 0 spiro atoms. The fourth-order valence-electron chi connectivity index (χ4n) is 2.03. The van der Waals surface area contributed by atoms with Crippen LogP contribution in [0.5, 0.6) is 5.75 Å². The van der Waals surface area contributed by atoms with Crippen molar-refractivity contribution in [1.29, 1.82) is 0 Å². The molecule has 26 heavy (non-hydrogen) atoms. The van der Waals surface area contributed by atoms with Gasteiger partial charge in [-0.2, -0.15) is 5.10 Å². The van der Waals surface area contributed by atoms with Crippen LogP contribution in [0.15, 0.2) is 52.0 Å².